The minimum atomic E-state index is 0.238. The molecular formula is C19H20N2O2. The molecule has 2 rings (SSSR count). The van der Waals surface area contributed by atoms with Crippen LogP contribution in [0, 0.1) is 11.3 Å². The van der Waals surface area contributed by atoms with E-state index in [0.29, 0.717) is 12.5 Å². The first-order chi connectivity index (χ1) is 11.2. The normalized spacial score (nSPS) is 11.2. The molecule has 118 valence electrons. The quantitative estimate of drug-likeness (QED) is 0.591. The van der Waals surface area contributed by atoms with Gasteiger partial charge in [-0.2, -0.15) is 5.26 Å². The molecule has 4 nitrogen and oxygen atoms in total. The predicted molar refractivity (Wildman–Crippen MR) is 90.5 cm³/mol. The molecule has 0 radical (unpaired) electrons. The standard InChI is InChI=1S/C19H20N2O2/c1-14(2)15-8-10-17(11-9-15)23-13-16-6-4-5-7-18(16)19(12-20)21-22-3/h4-11,14H,13H2,1-3H3/b21-19-. The Morgan fingerprint density at radius 2 is 1.83 bits per heavy atom. The van der Waals surface area contributed by atoms with Crippen molar-refractivity contribution in [2.24, 2.45) is 5.16 Å². The Labute approximate surface area is 137 Å². The molecule has 0 aromatic heterocycles. The third kappa shape index (κ3) is 4.33. The molecule has 0 heterocycles. The molecule has 23 heavy (non-hydrogen) atoms. The van der Waals surface area contributed by atoms with Gasteiger partial charge in [-0.25, -0.2) is 0 Å². The van der Waals surface area contributed by atoms with Crippen LogP contribution in [-0.2, 0) is 11.4 Å². The Hall–Kier alpha value is -2.80. The lowest BCUT2D eigenvalue weighted by atomic mass is 10.0. The molecule has 0 spiro atoms. The SMILES string of the molecule is CO/N=C(/C#N)c1ccccc1COc1ccc(C(C)C)cc1. The first-order valence-corrected chi connectivity index (χ1v) is 7.48. The molecule has 0 N–H and O–H groups in total. The largest absolute Gasteiger partial charge is 0.489 e. The van der Waals surface area contributed by atoms with Crippen molar-refractivity contribution in [1.29, 1.82) is 5.26 Å². The van der Waals surface area contributed by atoms with Gasteiger partial charge < -0.3 is 9.57 Å². The summed E-state index contributed by atoms with van der Waals surface area (Å²) in [6.45, 7) is 4.68. The highest BCUT2D eigenvalue weighted by Gasteiger charge is 2.10. The molecule has 0 saturated heterocycles. The van der Waals surface area contributed by atoms with E-state index in [0.717, 1.165) is 16.9 Å². The van der Waals surface area contributed by atoms with Gasteiger partial charge >= 0.3 is 0 Å². The summed E-state index contributed by atoms with van der Waals surface area (Å²) in [7, 11) is 1.42. The Kier molecular flexibility index (Phi) is 5.76. The summed E-state index contributed by atoms with van der Waals surface area (Å²) in [5.74, 6) is 1.29. The number of hydrogen-bond donors (Lipinski definition) is 0. The summed E-state index contributed by atoms with van der Waals surface area (Å²) in [5, 5.41) is 13.0. The molecule has 2 aromatic rings. The van der Waals surface area contributed by atoms with Crippen LogP contribution in [0.2, 0.25) is 0 Å². The molecule has 0 saturated carbocycles. The van der Waals surface area contributed by atoms with Crippen molar-refractivity contribution in [3.63, 3.8) is 0 Å². The van der Waals surface area contributed by atoms with Crippen LogP contribution >= 0.6 is 0 Å². The van der Waals surface area contributed by atoms with E-state index in [1.54, 1.807) is 0 Å². The number of oxime groups is 1. The molecule has 0 amide bonds. The van der Waals surface area contributed by atoms with Gasteiger partial charge in [0.15, 0.2) is 5.71 Å². The number of rotatable bonds is 6. The third-order valence-corrected chi connectivity index (χ3v) is 3.50. The van der Waals surface area contributed by atoms with Crippen LogP contribution in [0.25, 0.3) is 0 Å². The van der Waals surface area contributed by atoms with Gasteiger partial charge in [0, 0.05) is 5.56 Å². The van der Waals surface area contributed by atoms with E-state index in [-0.39, 0.29) is 5.71 Å². The van der Waals surface area contributed by atoms with E-state index >= 15 is 0 Å². The van der Waals surface area contributed by atoms with Gasteiger partial charge in [-0.1, -0.05) is 55.4 Å². The second-order valence-corrected chi connectivity index (χ2v) is 5.40. The zero-order valence-corrected chi connectivity index (χ0v) is 13.6. The van der Waals surface area contributed by atoms with E-state index in [9.17, 15) is 5.26 Å². The average molecular weight is 308 g/mol. The zero-order chi connectivity index (χ0) is 16.7. The molecule has 0 unspecified atom stereocenters. The maximum Gasteiger partial charge on any atom is 0.187 e. The van der Waals surface area contributed by atoms with Gasteiger partial charge in [-0.05, 0) is 29.2 Å². The Balaban J connectivity index is 2.15. The van der Waals surface area contributed by atoms with Crippen LogP contribution in [-0.4, -0.2) is 12.8 Å². The van der Waals surface area contributed by atoms with Crippen LogP contribution in [0.15, 0.2) is 53.7 Å². The van der Waals surface area contributed by atoms with Gasteiger partial charge in [0.25, 0.3) is 0 Å². The molecule has 0 atom stereocenters. The third-order valence-electron chi connectivity index (χ3n) is 3.50. The smallest absolute Gasteiger partial charge is 0.187 e. The van der Waals surface area contributed by atoms with Crippen molar-refractivity contribution in [3.05, 3.63) is 65.2 Å². The number of hydrogen-bond acceptors (Lipinski definition) is 4. The number of nitrogens with zero attached hydrogens (tertiary/aromatic N) is 2. The molecule has 0 bridgehead atoms. The molecule has 0 fully saturated rings. The van der Waals surface area contributed by atoms with Gasteiger partial charge in [-0.15, -0.1) is 0 Å². The van der Waals surface area contributed by atoms with Crippen molar-refractivity contribution in [2.75, 3.05) is 7.11 Å². The number of benzene rings is 2. The van der Waals surface area contributed by atoms with Crippen molar-refractivity contribution >= 4 is 5.71 Å². The fourth-order valence-corrected chi connectivity index (χ4v) is 2.21. The van der Waals surface area contributed by atoms with Gasteiger partial charge in [0.2, 0.25) is 0 Å². The average Bonchev–Trinajstić information content (AvgIpc) is 2.58. The molecule has 0 aliphatic heterocycles. The Bertz CT molecular complexity index is 713. The van der Waals surface area contributed by atoms with Crippen LogP contribution < -0.4 is 4.74 Å². The summed E-state index contributed by atoms with van der Waals surface area (Å²) in [6, 6.07) is 17.6. The topological polar surface area (TPSA) is 54.6 Å². The fraction of sp³-hybridized carbons (Fsp3) is 0.263. The van der Waals surface area contributed by atoms with Crippen molar-refractivity contribution < 1.29 is 9.57 Å². The van der Waals surface area contributed by atoms with Crippen molar-refractivity contribution in [1.82, 2.24) is 0 Å². The summed E-state index contributed by atoms with van der Waals surface area (Å²) in [6.07, 6.45) is 0. The Morgan fingerprint density at radius 3 is 2.43 bits per heavy atom. The molecule has 2 aromatic carbocycles. The number of nitriles is 1. The monoisotopic (exact) mass is 308 g/mol. The van der Waals surface area contributed by atoms with E-state index in [2.05, 4.69) is 31.1 Å². The highest BCUT2D eigenvalue weighted by Crippen LogP contribution is 2.20. The minimum Gasteiger partial charge on any atom is -0.489 e. The second kappa shape index (κ2) is 8.00. The molecule has 4 heteroatoms. The highest BCUT2D eigenvalue weighted by atomic mass is 16.6. The molecular weight excluding hydrogens is 288 g/mol. The second-order valence-electron chi connectivity index (χ2n) is 5.40. The molecule has 0 aliphatic rings. The van der Waals surface area contributed by atoms with E-state index in [1.807, 2.05) is 42.5 Å². The van der Waals surface area contributed by atoms with Gasteiger partial charge in [0.1, 0.15) is 25.5 Å². The highest BCUT2D eigenvalue weighted by molar-refractivity contribution is 6.12. The number of ether oxygens (including phenoxy) is 1. The maximum atomic E-state index is 9.20. The minimum absolute atomic E-state index is 0.238. The fourth-order valence-electron chi connectivity index (χ4n) is 2.21. The van der Waals surface area contributed by atoms with Crippen LogP contribution in [0.4, 0.5) is 0 Å². The van der Waals surface area contributed by atoms with Gasteiger partial charge in [-0.3, -0.25) is 0 Å². The lowest BCUT2D eigenvalue weighted by Crippen LogP contribution is -2.06. The lowest BCUT2D eigenvalue weighted by molar-refractivity contribution is 0.214. The van der Waals surface area contributed by atoms with E-state index < -0.39 is 0 Å². The van der Waals surface area contributed by atoms with Crippen LogP contribution in [0.5, 0.6) is 5.75 Å². The summed E-state index contributed by atoms with van der Waals surface area (Å²) >= 11 is 0. The molecule has 0 aliphatic carbocycles. The van der Waals surface area contributed by atoms with E-state index in [1.165, 1.54) is 12.7 Å². The zero-order valence-electron chi connectivity index (χ0n) is 13.6. The van der Waals surface area contributed by atoms with Crippen molar-refractivity contribution in [3.8, 4) is 11.8 Å². The Morgan fingerprint density at radius 1 is 1.13 bits per heavy atom. The summed E-state index contributed by atoms with van der Waals surface area (Å²) < 4.78 is 5.84. The van der Waals surface area contributed by atoms with Crippen molar-refractivity contribution in [2.45, 2.75) is 26.4 Å². The summed E-state index contributed by atoms with van der Waals surface area (Å²) in [4.78, 5) is 4.73. The van der Waals surface area contributed by atoms with Gasteiger partial charge in [0.05, 0.1) is 0 Å². The van der Waals surface area contributed by atoms with E-state index in [4.69, 9.17) is 9.57 Å². The first kappa shape index (κ1) is 16.6. The first-order valence-electron chi connectivity index (χ1n) is 7.48. The lowest BCUT2D eigenvalue weighted by Gasteiger charge is -2.11. The maximum absolute atomic E-state index is 9.20. The van der Waals surface area contributed by atoms with Crippen LogP contribution in [0.1, 0.15) is 36.5 Å². The summed E-state index contributed by atoms with van der Waals surface area (Å²) in [5.41, 5.74) is 3.12. The van der Waals surface area contributed by atoms with Crippen LogP contribution in [0.3, 0.4) is 0 Å². The predicted octanol–water partition coefficient (Wildman–Crippen LogP) is 4.26.